The Kier molecular flexibility index (Phi) is 4.19. The number of para-hydroxylation sites is 1. The number of hydrogen-bond donors (Lipinski definition) is 1. The molecular formula is C20H20ClNO2. The highest BCUT2D eigenvalue weighted by Gasteiger charge is 2.31. The molecule has 0 spiro atoms. The Labute approximate surface area is 147 Å². The number of ether oxygens (including phenoxy) is 1. The number of benzene rings is 2. The lowest BCUT2D eigenvalue weighted by Crippen LogP contribution is -2.16. The van der Waals surface area contributed by atoms with Crippen LogP contribution in [0.3, 0.4) is 0 Å². The van der Waals surface area contributed by atoms with Gasteiger partial charge in [0.05, 0.1) is 12.0 Å². The molecule has 1 atom stereocenters. The standard InChI is InChI=1S/C20H20ClNO2/c21-14-9-10-18-16(12-14)17(20(23)22-18)11-13-5-1-4-8-19(13)24-15-6-2-3-7-15/h1,4-5,8-10,12,15,17H,2-3,6-7,11H2,(H,22,23). The molecule has 0 saturated heterocycles. The minimum absolute atomic E-state index is 0.0305. The summed E-state index contributed by atoms with van der Waals surface area (Å²) in [6.07, 6.45) is 5.66. The number of carbonyl (C=O) groups is 1. The van der Waals surface area contributed by atoms with Gasteiger partial charge in [0.2, 0.25) is 5.91 Å². The lowest BCUT2D eigenvalue weighted by molar-refractivity contribution is -0.117. The molecule has 1 aliphatic heterocycles. The minimum atomic E-state index is -0.216. The highest BCUT2D eigenvalue weighted by atomic mass is 35.5. The highest BCUT2D eigenvalue weighted by molar-refractivity contribution is 6.31. The molecule has 124 valence electrons. The average molecular weight is 342 g/mol. The monoisotopic (exact) mass is 341 g/mol. The van der Waals surface area contributed by atoms with E-state index < -0.39 is 0 Å². The Morgan fingerprint density at radius 3 is 2.75 bits per heavy atom. The summed E-state index contributed by atoms with van der Waals surface area (Å²) in [5, 5.41) is 3.61. The number of halogens is 1. The second-order valence-electron chi connectivity index (χ2n) is 6.61. The Morgan fingerprint density at radius 1 is 1.12 bits per heavy atom. The molecule has 1 aliphatic carbocycles. The van der Waals surface area contributed by atoms with Gasteiger partial charge in [-0.3, -0.25) is 4.79 Å². The fraction of sp³-hybridized carbons (Fsp3) is 0.350. The first-order valence-corrected chi connectivity index (χ1v) is 8.93. The van der Waals surface area contributed by atoms with E-state index in [-0.39, 0.29) is 11.8 Å². The van der Waals surface area contributed by atoms with Gasteiger partial charge >= 0.3 is 0 Å². The summed E-state index contributed by atoms with van der Waals surface area (Å²) >= 11 is 6.12. The molecule has 2 aliphatic rings. The second-order valence-corrected chi connectivity index (χ2v) is 7.05. The Hall–Kier alpha value is -2.00. The van der Waals surface area contributed by atoms with Crippen LogP contribution in [0.1, 0.15) is 42.7 Å². The van der Waals surface area contributed by atoms with E-state index in [0.717, 1.165) is 35.4 Å². The molecule has 1 unspecified atom stereocenters. The average Bonchev–Trinajstić information content (AvgIpc) is 3.18. The summed E-state index contributed by atoms with van der Waals surface area (Å²) in [5.41, 5.74) is 2.92. The van der Waals surface area contributed by atoms with Crippen molar-refractivity contribution in [3.8, 4) is 5.75 Å². The molecule has 4 heteroatoms. The first-order valence-electron chi connectivity index (χ1n) is 8.55. The van der Waals surface area contributed by atoms with Crippen LogP contribution in [0.15, 0.2) is 42.5 Å². The molecule has 0 radical (unpaired) electrons. The van der Waals surface area contributed by atoms with Gasteiger partial charge in [-0.1, -0.05) is 29.8 Å². The number of amides is 1. The van der Waals surface area contributed by atoms with Crippen molar-refractivity contribution in [1.82, 2.24) is 0 Å². The van der Waals surface area contributed by atoms with Gasteiger partial charge in [0.25, 0.3) is 0 Å². The summed E-state index contributed by atoms with van der Waals surface area (Å²) in [6.45, 7) is 0. The number of fused-ring (bicyclic) bond motifs is 1. The van der Waals surface area contributed by atoms with Crippen LogP contribution >= 0.6 is 11.6 Å². The van der Waals surface area contributed by atoms with Crippen LogP contribution in [0, 0.1) is 0 Å². The van der Waals surface area contributed by atoms with E-state index in [0.29, 0.717) is 17.5 Å². The van der Waals surface area contributed by atoms with Crippen LogP contribution in [0.5, 0.6) is 5.75 Å². The molecule has 1 heterocycles. The maximum Gasteiger partial charge on any atom is 0.232 e. The van der Waals surface area contributed by atoms with Crippen molar-refractivity contribution in [3.05, 3.63) is 58.6 Å². The van der Waals surface area contributed by atoms with Crippen LogP contribution in [-0.2, 0) is 11.2 Å². The molecule has 2 aromatic rings. The number of hydrogen-bond acceptors (Lipinski definition) is 2. The summed E-state index contributed by atoms with van der Waals surface area (Å²) in [4.78, 5) is 12.4. The summed E-state index contributed by atoms with van der Waals surface area (Å²) in [7, 11) is 0. The quantitative estimate of drug-likeness (QED) is 0.855. The van der Waals surface area contributed by atoms with Crippen molar-refractivity contribution in [1.29, 1.82) is 0 Å². The number of rotatable bonds is 4. The first-order chi connectivity index (χ1) is 11.7. The smallest absolute Gasteiger partial charge is 0.232 e. The van der Waals surface area contributed by atoms with Gasteiger partial charge in [-0.15, -0.1) is 0 Å². The SMILES string of the molecule is O=C1Nc2ccc(Cl)cc2C1Cc1ccccc1OC1CCCC1. The minimum Gasteiger partial charge on any atom is -0.490 e. The van der Waals surface area contributed by atoms with E-state index in [1.165, 1.54) is 12.8 Å². The van der Waals surface area contributed by atoms with Crippen LogP contribution < -0.4 is 10.1 Å². The van der Waals surface area contributed by atoms with Gasteiger partial charge < -0.3 is 10.1 Å². The molecule has 3 nitrogen and oxygen atoms in total. The van der Waals surface area contributed by atoms with Crippen molar-refractivity contribution in [2.24, 2.45) is 0 Å². The largest absolute Gasteiger partial charge is 0.490 e. The third-order valence-electron chi connectivity index (χ3n) is 4.96. The third kappa shape index (κ3) is 3.01. The van der Waals surface area contributed by atoms with Crippen molar-refractivity contribution in [3.63, 3.8) is 0 Å². The van der Waals surface area contributed by atoms with E-state index in [1.54, 1.807) is 6.07 Å². The predicted molar refractivity (Wildman–Crippen MR) is 95.9 cm³/mol. The van der Waals surface area contributed by atoms with Gasteiger partial charge in [0.15, 0.2) is 0 Å². The first kappa shape index (κ1) is 15.5. The molecule has 1 fully saturated rings. The number of anilines is 1. The van der Waals surface area contributed by atoms with E-state index in [1.807, 2.05) is 30.3 Å². The van der Waals surface area contributed by atoms with E-state index in [9.17, 15) is 4.79 Å². The molecule has 1 N–H and O–H groups in total. The molecule has 0 bridgehead atoms. The zero-order valence-corrected chi connectivity index (χ0v) is 14.2. The Bertz CT molecular complexity index is 768. The van der Waals surface area contributed by atoms with Gasteiger partial charge in [-0.05, 0) is 67.5 Å². The van der Waals surface area contributed by atoms with Crippen LogP contribution in [0.2, 0.25) is 5.02 Å². The summed E-state index contributed by atoms with van der Waals surface area (Å²) in [5.74, 6) is 0.725. The zero-order chi connectivity index (χ0) is 16.5. The van der Waals surface area contributed by atoms with Gasteiger partial charge in [0.1, 0.15) is 5.75 Å². The fourth-order valence-corrected chi connectivity index (χ4v) is 3.87. The second kappa shape index (κ2) is 6.48. The van der Waals surface area contributed by atoms with E-state index in [4.69, 9.17) is 16.3 Å². The number of nitrogens with one attached hydrogen (secondary N) is 1. The topological polar surface area (TPSA) is 38.3 Å². The molecule has 2 aromatic carbocycles. The Morgan fingerprint density at radius 2 is 1.92 bits per heavy atom. The fourth-order valence-electron chi connectivity index (χ4n) is 3.69. The Balaban J connectivity index is 1.60. The van der Waals surface area contributed by atoms with Crippen molar-refractivity contribution in [2.45, 2.75) is 44.1 Å². The molecule has 1 amide bonds. The van der Waals surface area contributed by atoms with E-state index in [2.05, 4.69) is 11.4 Å². The van der Waals surface area contributed by atoms with Crippen LogP contribution in [0.25, 0.3) is 0 Å². The molecule has 1 saturated carbocycles. The molecule has 0 aromatic heterocycles. The summed E-state index contributed by atoms with van der Waals surface area (Å²) < 4.78 is 6.21. The van der Waals surface area contributed by atoms with Gasteiger partial charge in [-0.2, -0.15) is 0 Å². The zero-order valence-electron chi connectivity index (χ0n) is 13.4. The highest BCUT2D eigenvalue weighted by Crippen LogP contribution is 2.38. The van der Waals surface area contributed by atoms with Crippen molar-refractivity contribution >= 4 is 23.2 Å². The van der Waals surface area contributed by atoms with Crippen LogP contribution in [0.4, 0.5) is 5.69 Å². The molecule has 4 rings (SSSR count). The molecular weight excluding hydrogens is 322 g/mol. The van der Waals surface area contributed by atoms with E-state index >= 15 is 0 Å². The third-order valence-corrected chi connectivity index (χ3v) is 5.19. The normalized spacial score (nSPS) is 20.0. The van der Waals surface area contributed by atoms with Crippen molar-refractivity contribution in [2.75, 3.05) is 5.32 Å². The lowest BCUT2D eigenvalue weighted by Gasteiger charge is -2.18. The van der Waals surface area contributed by atoms with Gasteiger partial charge in [0, 0.05) is 10.7 Å². The predicted octanol–water partition coefficient (Wildman–Crippen LogP) is 4.94. The number of carbonyl (C=O) groups excluding carboxylic acids is 1. The maximum absolute atomic E-state index is 12.4. The van der Waals surface area contributed by atoms with Crippen LogP contribution in [-0.4, -0.2) is 12.0 Å². The van der Waals surface area contributed by atoms with Gasteiger partial charge in [-0.25, -0.2) is 0 Å². The summed E-state index contributed by atoms with van der Waals surface area (Å²) in [6, 6.07) is 13.6. The molecule has 24 heavy (non-hydrogen) atoms. The lowest BCUT2D eigenvalue weighted by atomic mass is 9.93. The maximum atomic E-state index is 12.4. The van der Waals surface area contributed by atoms with Crippen molar-refractivity contribution < 1.29 is 9.53 Å².